The molecule has 5 nitrogen and oxygen atoms in total. The maximum absolute atomic E-state index is 12.3. The first-order chi connectivity index (χ1) is 9.78. The Morgan fingerprint density at radius 1 is 1.35 bits per heavy atom. The average molecular weight is 291 g/mol. The Balaban J connectivity index is 1.61. The SMILES string of the molecule is NCc1cc(C(=O)N2CCN(c3cccs3)CC2)co1. The summed E-state index contributed by atoms with van der Waals surface area (Å²) < 4.78 is 5.22. The standard InChI is InChI=1S/C14H17N3O2S/c15-9-12-8-11(10-19-12)14(18)17-5-3-16(4-6-17)13-2-1-7-20-13/h1-2,7-8,10H,3-6,9,15H2. The van der Waals surface area contributed by atoms with Crippen molar-refractivity contribution < 1.29 is 9.21 Å². The number of anilines is 1. The van der Waals surface area contributed by atoms with Gasteiger partial charge in [-0.2, -0.15) is 0 Å². The number of carbonyl (C=O) groups excluding carboxylic acids is 1. The number of carbonyl (C=O) groups is 1. The van der Waals surface area contributed by atoms with Crippen LogP contribution in [0.2, 0.25) is 0 Å². The van der Waals surface area contributed by atoms with Crippen LogP contribution in [0.4, 0.5) is 5.00 Å². The van der Waals surface area contributed by atoms with E-state index in [2.05, 4.69) is 22.4 Å². The number of nitrogens with zero attached hydrogens (tertiary/aromatic N) is 2. The van der Waals surface area contributed by atoms with E-state index in [4.69, 9.17) is 10.2 Å². The molecule has 1 aliphatic heterocycles. The van der Waals surface area contributed by atoms with Gasteiger partial charge in [0.05, 0.1) is 17.1 Å². The fourth-order valence-electron chi connectivity index (χ4n) is 2.36. The number of furan rings is 1. The van der Waals surface area contributed by atoms with Crippen LogP contribution in [0.15, 0.2) is 34.3 Å². The van der Waals surface area contributed by atoms with Gasteiger partial charge in [0.25, 0.3) is 5.91 Å². The van der Waals surface area contributed by atoms with Crippen molar-refractivity contribution in [2.24, 2.45) is 5.73 Å². The minimum atomic E-state index is 0.0271. The Kier molecular flexibility index (Phi) is 3.75. The van der Waals surface area contributed by atoms with Crippen LogP contribution >= 0.6 is 11.3 Å². The van der Waals surface area contributed by atoms with Crippen LogP contribution in [0, 0.1) is 0 Å². The molecule has 0 aliphatic carbocycles. The number of amides is 1. The van der Waals surface area contributed by atoms with Crippen molar-refractivity contribution >= 4 is 22.2 Å². The normalized spacial score (nSPS) is 15.7. The van der Waals surface area contributed by atoms with Gasteiger partial charge in [-0.05, 0) is 23.6 Å². The molecule has 0 bridgehead atoms. The van der Waals surface area contributed by atoms with E-state index in [1.807, 2.05) is 4.90 Å². The number of rotatable bonds is 3. The van der Waals surface area contributed by atoms with Crippen LogP contribution in [-0.4, -0.2) is 37.0 Å². The summed E-state index contributed by atoms with van der Waals surface area (Å²) in [6, 6.07) is 5.90. The summed E-state index contributed by atoms with van der Waals surface area (Å²) in [5, 5.41) is 3.35. The molecule has 0 atom stereocenters. The first-order valence-electron chi connectivity index (χ1n) is 6.63. The molecule has 2 aromatic heterocycles. The molecule has 1 amide bonds. The molecule has 0 aromatic carbocycles. The zero-order valence-corrected chi connectivity index (χ0v) is 11.9. The van der Waals surface area contributed by atoms with E-state index >= 15 is 0 Å². The summed E-state index contributed by atoms with van der Waals surface area (Å²) in [6.45, 7) is 3.53. The van der Waals surface area contributed by atoms with Crippen LogP contribution in [0.1, 0.15) is 16.1 Å². The summed E-state index contributed by atoms with van der Waals surface area (Å²) >= 11 is 1.74. The summed E-state index contributed by atoms with van der Waals surface area (Å²) in [5.41, 5.74) is 6.08. The van der Waals surface area contributed by atoms with Gasteiger partial charge < -0.3 is 20.0 Å². The quantitative estimate of drug-likeness (QED) is 0.936. The van der Waals surface area contributed by atoms with Crippen LogP contribution in [0.5, 0.6) is 0 Å². The van der Waals surface area contributed by atoms with Gasteiger partial charge in [-0.25, -0.2) is 0 Å². The molecule has 2 N–H and O–H groups in total. The minimum absolute atomic E-state index is 0.0271. The van der Waals surface area contributed by atoms with Crippen molar-refractivity contribution in [1.82, 2.24) is 4.90 Å². The van der Waals surface area contributed by atoms with E-state index in [9.17, 15) is 4.79 Å². The number of hydrogen-bond donors (Lipinski definition) is 1. The molecular formula is C14H17N3O2S. The lowest BCUT2D eigenvalue weighted by Gasteiger charge is -2.35. The zero-order valence-electron chi connectivity index (χ0n) is 11.1. The van der Waals surface area contributed by atoms with E-state index in [1.54, 1.807) is 17.4 Å². The van der Waals surface area contributed by atoms with Crippen molar-refractivity contribution in [2.45, 2.75) is 6.54 Å². The number of nitrogens with two attached hydrogens (primary N) is 1. The lowest BCUT2D eigenvalue weighted by Crippen LogP contribution is -2.48. The van der Waals surface area contributed by atoms with E-state index in [0.29, 0.717) is 17.9 Å². The van der Waals surface area contributed by atoms with Crippen LogP contribution < -0.4 is 10.6 Å². The summed E-state index contributed by atoms with van der Waals surface area (Å²) in [7, 11) is 0. The lowest BCUT2D eigenvalue weighted by atomic mass is 10.2. The molecule has 1 aliphatic rings. The molecule has 2 aromatic rings. The zero-order chi connectivity index (χ0) is 13.9. The molecule has 3 rings (SSSR count). The van der Waals surface area contributed by atoms with Gasteiger partial charge in [-0.15, -0.1) is 11.3 Å². The van der Waals surface area contributed by atoms with Gasteiger partial charge in [0, 0.05) is 26.2 Å². The first kappa shape index (κ1) is 13.2. The lowest BCUT2D eigenvalue weighted by molar-refractivity contribution is 0.0746. The van der Waals surface area contributed by atoms with Gasteiger partial charge in [-0.3, -0.25) is 4.79 Å². The number of thiophene rings is 1. The third-order valence-electron chi connectivity index (χ3n) is 3.49. The number of piperazine rings is 1. The van der Waals surface area contributed by atoms with Crippen LogP contribution in [0.25, 0.3) is 0 Å². The predicted molar refractivity (Wildman–Crippen MR) is 79.0 cm³/mol. The van der Waals surface area contributed by atoms with Gasteiger partial charge >= 0.3 is 0 Å². The predicted octanol–water partition coefficient (Wildman–Crippen LogP) is 1.76. The van der Waals surface area contributed by atoms with E-state index < -0.39 is 0 Å². The van der Waals surface area contributed by atoms with Gasteiger partial charge in [0.1, 0.15) is 12.0 Å². The molecule has 6 heteroatoms. The molecule has 1 saturated heterocycles. The molecule has 20 heavy (non-hydrogen) atoms. The molecule has 0 radical (unpaired) electrons. The maximum atomic E-state index is 12.3. The smallest absolute Gasteiger partial charge is 0.257 e. The highest BCUT2D eigenvalue weighted by Crippen LogP contribution is 2.23. The Bertz CT molecular complexity index is 571. The average Bonchev–Trinajstić information content (AvgIpc) is 3.18. The molecule has 3 heterocycles. The van der Waals surface area contributed by atoms with Crippen LogP contribution in [-0.2, 0) is 6.54 Å². The molecule has 0 unspecified atom stereocenters. The third kappa shape index (κ3) is 2.57. The van der Waals surface area contributed by atoms with Crippen molar-refractivity contribution in [3.63, 3.8) is 0 Å². The van der Waals surface area contributed by atoms with Crippen LogP contribution in [0.3, 0.4) is 0 Å². The second-order valence-electron chi connectivity index (χ2n) is 4.74. The van der Waals surface area contributed by atoms with Crippen molar-refractivity contribution in [1.29, 1.82) is 0 Å². The highest BCUT2D eigenvalue weighted by atomic mass is 32.1. The summed E-state index contributed by atoms with van der Waals surface area (Å²) in [4.78, 5) is 16.5. The Hall–Kier alpha value is -1.79. The topological polar surface area (TPSA) is 62.7 Å². The fraction of sp³-hybridized carbons (Fsp3) is 0.357. The maximum Gasteiger partial charge on any atom is 0.257 e. The second-order valence-corrected chi connectivity index (χ2v) is 5.66. The summed E-state index contributed by atoms with van der Waals surface area (Å²) in [6.07, 6.45) is 1.50. The Morgan fingerprint density at radius 3 is 2.75 bits per heavy atom. The molecular weight excluding hydrogens is 274 g/mol. The van der Waals surface area contributed by atoms with E-state index in [-0.39, 0.29) is 5.91 Å². The monoisotopic (exact) mass is 291 g/mol. The first-order valence-corrected chi connectivity index (χ1v) is 7.51. The molecule has 1 fully saturated rings. The molecule has 0 saturated carbocycles. The minimum Gasteiger partial charge on any atom is -0.467 e. The van der Waals surface area contributed by atoms with E-state index in [0.717, 1.165) is 26.2 Å². The molecule has 0 spiro atoms. The second kappa shape index (κ2) is 5.68. The largest absolute Gasteiger partial charge is 0.467 e. The summed E-state index contributed by atoms with van der Waals surface area (Å²) in [5.74, 6) is 0.671. The molecule has 106 valence electrons. The Labute approximate surface area is 121 Å². The third-order valence-corrected chi connectivity index (χ3v) is 4.42. The highest BCUT2D eigenvalue weighted by molar-refractivity contribution is 7.14. The number of hydrogen-bond acceptors (Lipinski definition) is 5. The Morgan fingerprint density at radius 2 is 2.15 bits per heavy atom. The fourth-order valence-corrected chi connectivity index (χ4v) is 3.15. The van der Waals surface area contributed by atoms with Crippen molar-refractivity contribution in [3.8, 4) is 0 Å². The van der Waals surface area contributed by atoms with Crippen molar-refractivity contribution in [3.05, 3.63) is 41.2 Å². The van der Waals surface area contributed by atoms with Gasteiger partial charge in [-0.1, -0.05) is 0 Å². The van der Waals surface area contributed by atoms with Crippen molar-refractivity contribution in [2.75, 3.05) is 31.1 Å². The highest BCUT2D eigenvalue weighted by Gasteiger charge is 2.23. The van der Waals surface area contributed by atoms with E-state index in [1.165, 1.54) is 11.3 Å². The van der Waals surface area contributed by atoms with Gasteiger partial charge in [0.15, 0.2) is 0 Å². The van der Waals surface area contributed by atoms with Gasteiger partial charge in [0.2, 0.25) is 0 Å².